The molecule has 0 aliphatic carbocycles. The summed E-state index contributed by atoms with van der Waals surface area (Å²) in [6.07, 6.45) is 5.56. The molecule has 0 atom stereocenters. The lowest BCUT2D eigenvalue weighted by Gasteiger charge is -2.07. The largest absolute Gasteiger partial charge is 0.386 e. The van der Waals surface area contributed by atoms with E-state index in [1.807, 2.05) is 56.3 Å². The van der Waals surface area contributed by atoms with Crippen LogP contribution in [0, 0.1) is 11.3 Å². The average molecular weight is 425 g/mol. The monoisotopic (exact) mass is 425 g/mol. The van der Waals surface area contributed by atoms with Crippen molar-refractivity contribution >= 4 is 28.9 Å². The molecule has 0 unspecified atom stereocenters. The summed E-state index contributed by atoms with van der Waals surface area (Å²) in [5.41, 5.74) is 2.75. The minimum absolute atomic E-state index is 0.102. The molecule has 4 rings (SSSR count). The number of carbonyl (C=O) groups is 2. The first-order valence-electron chi connectivity index (χ1n) is 9.93. The van der Waals surface area contributed by atoms with Gasteiger partial charge in [0.05, 0.1) is 23.0 Å². The Balaban J connectivity index is 1.52. The quantitative estimate of drug-likeness (QED) is 0.271. The first kappa shape index (κ1) is 20.8. The summed E-state index contributed by atoms with van der Waals surface area (Å²) in [4.78, 5) is 24.3. The number of carbonyl (C=O) groups excluding carboxylic acids is 2. The number of fused-ring (bicyclic) bond motifs is 1. The van der Waals surface area contributed by atoms with Crippen molar-refractivity contribution in [3.63, 3.8) is 0 Å². The highest BCUT2D eigenvalue weighted by atomic mass is 16.6. The summed E-state index contributed by atoms with van der Waals surface area (Å²) in [5.74, 6) is -1.57. The molecule has 0 spiro atoms. The molecule has 0 radical (unpaired) electrons. The zero-order valence-corrected chi connectivity index (χ0v) is 17.5. The molecule has 0 bridgehead atoms. The van der Waals surface area contributed by atoms with Crippen molar-refractivity contribution in [2.24, 2.45) is 0 Å². The van der Waals surface area contributed by atoms with Crippen molar-refractivity contribution in [2.45, 2.75) is 19.9 Å². The smallest absolute Gasteiger partial charge is 0.349 e. The van der Waals surface area contributed by atoms with E-state index in [-0.39, 0.29) is 11.6 Å². The number of benzene rings is 2. The lowest BCUT2D eigenvalue weighted by molar-refractivity contribution is -0.132. The maximum atomic E-state index is 12.3. The fraction of sp³-hybridized carbons (Fsp3) is 0.125. The van der Waals surface area contributed by atoms with E-state index in [9.17, 15) is 14.9 Å². The predicted octanol–water partition coefficient (Wildman–Crippen LogP) is 4.07. The maximum Gasteiger partial charge on any atom is 0.349 e. The van der Waals surface area contributed by atoms with Gasteiger partial charge in [-0.3, -0.25) is 4.68 Å². The van der Waals surface area contributed by atoms with Crippen LogP contribution in [0.4, 0.5) is 0 Å². The maximum absolute atomic E-state index is 12.3. The Morgan fingerprint density at radius 2 is 1.94 bits per heavy atom. The van der Waals surface area contributed by atoms with Gasteiger partial charge in [-0.1, -0.05) is 30.3 Å². The van der Waals surface area contributed by atoms with Crippen LogP contribution in [0.2, 0.25) is 0 Å². The van der Waals surface area contributed by atoms with E-state index in [0.29, 0.717) is 16.8 Å². The normalized spacial score (nSPS) is 11.2. The van der Waals surface area contributed by atoms with Crippen LogP contribution in [0.25, 0.3) is 22.7 Å². The van der Waals surface area contributed by atoms with Crippen LogP contribution in [-0.2, 0) is 9.53 Å². The summed E-state index contributed by atoms with van der Waals surface area (Å²) in [6.45, 7) is 3.98. The fourth-order valence-electron chi connectivity index (χ4n) is 3.23. The van der Waals surface area contributed by atoms with Gasteiger partial charge in [-0.2, -0.15) is 15.5 Å². The topological polar surface area (TPSA) is 103 Å². The van der Waals surface area contributed by atoms with Gasteiger partial charge in [-0.15, -0.1) is 0 Å². The summed E-state index contributed by atoms with van der Waals surface area (Å²) >= 11 is 0. The summed E-state index contributed by atoms with van der Waals surface area (Å²) < 4.78 is 8.14. The Hall–Kier alpha value is -4.51. The Morgan fingerprint density at radius 1 is 1.16 bits per heavy atom. The van der Waals surface area contributed by atoms with Gasteiger partial charge in [-0.05, 0) is 43.7 Å². The van der Waals surface area contributed by atoms with Crippen molar-refractivity contribution in [2.75, 3.05) is 0 Å². The molecule has 8 heteroatoms. The third-order valence-corrected chi connectivity index (χ3v) is 4.77. The van der Waals surface area contributed by atoms with E-state index in [0.717, 1.165) is 11.1 Å². The van der Waals surface area contributed by atoms with Crippen molar-refractivity contribution < 1.29 is 14.3 Å². The Morgan fingerprint density at radius 3 is 2.66 bits per heavy atom. The van der Waals surface area contributed by atoms with Crippen molar-refractivity contribution in [3.8, 4) is 11.8 Å². The number of aromatic nitrogens is 4. The third-order valence-electron chi connectivity index (χ3n) is 4.77. The molecule has 2 aromatic carbocycles. The van der Waals surface area contributed by atoms with E-state index in [4.69, 9.17) is 4.74 Å². The number of hydrogen-bond donors (Lipinski definition) is 0. The Bertz CT molecular complexity index is 1370. The average Bonchev–Trinajstić information content (AvgIpc) is 3.43. The van der Waals surface area contributed by atoms with Crippen molar-refractivity contribution in [1.29, 1.82) is 5.26 Å². The van der Waals surface area contributed by atoms with Crippen molar-refractivity contribution in [1.82, 2.24) is 19.6 Å². The Labute approximate surface area is 184 Å². The first-order valence-corrected chi connectivity index (χ1v) is 9.93. The summed E-state index contributed by atoms with van der Waals surface area (Å²) in [6, 6.07) is 16.9. The van der Waals surface area contributed by atoms with E-state index in [1.54, 1.807) is 16.8 Å². The molecule has 0 aliphatic heterocycles. The van der Waals surface area contributed by atoms with Gasteiger partial charge in [0.25, 0.3) is 0 Å². The first-order chi connectivity index (χ1) is 15.5. The number of nitrogens with zero attached hydrogens (tertiary/aromatic N) is 5. The zero-order chi connectivity index (χ0) is 22.7. The van der Waals surface area contributed by atoms with Gasteiger partial charge in [0.2, 0.25) is 0 Å². The van der Waals surface area contributed by atoms with E-state index in [2.05, 4.69) is 16.3 Å². The van der Waals surface area contributed by atoms with E-state index < -0.39 is 11.9 Å². The molecule has 2 aromatic heterocycles. The van der Waals surface area contributed by atoms with Crippen molar-refractivity contribution in [3.05, 3.63) is 83.8 Å². The molecule has 8 nitrogen and oxygen atoms in total. The molecule has 4 aromatic rings. The fourth-order valence-corrected chi connectivity index (χ4v) is 3.23. The van der Waals surface area contributed by atoms with E-state index in [1.165, 1.54) is 23.2 Å². The van der Waals surface area contributed by atoms with Gasteiger partial charge in [0, 0.05) is 23.7 Å². The summed E-state index contributed by atoms with van der Waals surface area (Å²) in [5, 5.41) is 18.7. The van der Waals surface area contributed by atoms with Crippen LogP contribution >= 0.6 is 0 Å². The number of nitriles is 1. The molecule has 0 amide bonds. The molecule has 0 saturated carbocycles. The van der Waals surface area contributed by atoms with Crippen LogP contribution in [-0.4, -0.2) is 31.5 Å². The number of rotatable bonds is 5. The lowest BCUT2D eigenvalue weighted by Crippen LogP contribution is -2.09. The molecule has 0 aliphatic rings. The number of hydrogen-bond acceptors (Lipinski definition) is 6. The zero-order valence-electron chi connectivity index (χ0n) is 17.5. The molecule has 32 heavy (non-hydrogen) atoms. The van der Waals surface area contributed by atoms with Gasteiger partial charge in [-0.25, -0.2) is 14.3 Å². The number of ether oxygens (including phenoxy) is 1. The second kappa shape index (κ2) is 8.70. The highest BCUT2D eigenvalue weighted by Crippen LogP contribution is 2.24. The van der Waals surface area contributed by atoms with Gasteiger partial charge >= 0.3 is 11.9 Å². The summed E-state index contributed by atoms with van der Waals surface area (Å²) in [7, 11) is 0. The molecule has 158 valence electrons. The lowest BCUT2D eigenvalue weighted by atomic mass is 10.2. The molecule has 0 saturated heterocycles. The van der Waals surface area contributed by atoms with E-state index >= 15 is 0 Å². The predicted molar refractivity (Wildman–Crippen MR) is 118 cm³/mol. The van der Waals surface area contributed by atoms with Crippen LogP contribution in [0.15, 0.2) is 67.0 Å². The molecule has 0 fully saturated rings. The van der Waals surface area contributed by atoms with Gasteiger partial charge in [0.1, 0.15) is 6.07 Å². The van der Waals surface area contributed by atoms with Gasteiger partial charge in [0.15, 0.2) is 5.69 Å². The highest BCUT2D eigenvalue weighted by molar-refractivity contribution is 6.01. The minimum atomic E-state index is -0.801. The van der Waals surface area contributed by atoms with Crippen LogP contribution < -0.4 is 0 Å². The van der Waals surface area contributed by atoms with Gasteiger partial charge < -0.3 is 4.74 Å². The van der Waals surface area contributed by atoms with Crippen LogP contribution in [0.3, 0.4) is 0 Å². The molecule has 0 N–H and O–H groups in total. The molecule has 2 heterocycles. The standard InChI is InChI=1S/C24H19N5O3/c1-16(2)29-22-10-9-19(12-20(22)21(13-25)27-29)28-15-18(14-26-28)24(31)32-23(30)11-8-17-6-4-3-5-7-17/h3-12,14-16H,1-2H3/b11-8+. The second-order valence-electron chi connectivity index (χ2n) is 7.33. The SMILES string of the molecule is CC(C)n1nc(C#N)c2cc(-n3cc(C(=O)OC(=O)/C=C/c4ccccc4)cn3)ccc21. The minimum Gasteiger partial charge on any atom is -0.386 e. The van der Waals surface area contributed by atoms with Crippen LogP contribution in [0.1, 0.15) is 41.5 Å². The molecular formula is C24H19N5O3. The molecular weight excluding hydrogens is 406 g/mol. The van der Waals surface area contributed by atoms with Crippen LogP contribution in [0.5, 0.6) is 0 Å². The Kier molecular flexibility index (Phi) is 5.64. The third kappa shape index (κ3) is 4.18. The second-order valence-corrected chi connectivity index (χ2v) is 7.33. The number of esters is 2. The highest BCUT2D eigenvalue weighted by Gasteiger charge is 2.16.